The van der Waals surface area contributed by atoms with Gasteiger partial charge in [-0.3, -0.25) is 4.79 Å². The molecule has 0 aliphatic heterocycles. The van der Waals surface area contributed by atoms with Gasteiger partial charge in [-0.25, -0.2) is 0 Å². The monoisotopic (exact) mass is 201 g/mol. The molecule has 2 N–H and O–H groups in total. The fourth-order valence-corrected chi connectivity index (χ4v) is 1.43. The molecule has 0 saturated carbocycles. The molecule has 0 saturated heterocycles. The maximum absolute atomic E-state index is 10.6. The van der Waals surface area contributed by atoms with Crippen LogP contribution in [0.2, 0.25) is 0 Å². The zero-order chi connectivity index (χ0) is 11.1. The van der Waals surface area contributed by atoms with Crippen molar-refractivity contribution in [1.29, 1.82) is 0 Å². The maximum Gasteiger partial charge on any atom is 0.320 e. The molecule has 0 rings (SSSR count). The first-order chi connectivity index (χ1) is 6.51. The van der Waals surface area contributed by atoms with Crippen LogP contribution in [-0.2, 0) is 4.79 Å². The summed E-state index contributed by atoms with van der Waals surface area (Å²) in [5.74, 6) is -0.110. The van der Waals surface area contributed by atoms with Crippen molar-refractivity contribution in [2.24, 2.45) is 5.92 Å². The van der Waals surface area contributed by atoms with Gasteiger partial charge in [-0.1, -0.05) is 27.2 Å². The zero-order valence-electron chi connectivity index (χ0n) is 9.71. The van der Waals surface area contributed by atoms with E-state index >= 15 is 0 Å². The van der Waals surface area contributed by atoms with E-state index < -0.39 is 12.0 Å². The summed E-state index contributed by atoms with van der Waals surface area (Å²) < 4.78 is 0. The highest BCUT2D eigenvalue weighted by molar-refractivity contribution is 5.72. The average Bonchev–Trinajstić information content (AvgIpc) is 2.16. The number of nitrogens with one attached hydrogen (secondary N) is 1. The Labute approximate surface area is 86.9 Å². The summed E-state index contributed by atoms with van der Waals surface area (Å²) in [6, 6.07) is -0.111. The van der Waals surface area contributed by atoms with Gasteiger partial charge in [-0.05, 0) is 25.7 Å². The van der Waals surface area contributed by atoms with Crippen molar-refractivity contribution in [3.05, 3.63) is 0 Å². The number of hydrogen-bond donors (Lipinski definition) is 2. The minimum absolute atomic E-state index is 0.330. The van der Waals surface area contributed by atoms with E-state index in [1.165, 1.54) is 0 Å². The van der Waals surface area contributed by atoms with Gasteiger partial charge in [-0.2, -0.15) is 0 Å². The van der Waals surface area contributed by atoms with E-state index in [4.69, 9.17) is 5.11 Å². The van der Waals surface area contributed by atoms with Gasteiger partial charge in [0, 0.05) is 6.04 Å². The first-order valence-corrected chi connectivity index (χ1v) is 5.50. The number of carbonyl (C=O) groups is 1. The third kappa shape index (κ3) is 5.22. The summed E-state index contributed by atoms with van der Waals surface area (Å²) in [5.41, 5.74) is 0. The lowest BCUT2D eigenvalue weighted by Crippen LogP contribution is -2.41. The van der Waals surface area contributed by atoms with Gasteiger partial charge in [-0.15, -0.1) is 0 Å². The smallest absolute Gasteiger partial charge is 0.320 e. The lowest BCUT2D eigenvalue weighted by Gasteiger charge is -2.22. The van der Waals surface area contributed by atoms with Crippen molar-refractivity contribution in [3.8, 4) is 0 Å². The molecular formula is C11H23NO2. The lowest BCUT2D eigenvalue weighted by atomic mass is 9.97. The van der Waals surface area contributed by atoms with E-state index in [2.05, 4.69) is 26.1 Å². The summed E-state index contributed by atoms with van der Waals surface area (Å²) in [5, 5.41) is 11.9. The Kier molecular flexibility index (Phi) is 6.54. The van der Waals surface area contributed by atoms with Crippen molar-refractivity contribution >= 4 is 5.97 Å². The molecular weight excluding hydrogens is 178 g/mol. The van der Waals surface area contributed by atoms with Crippen LogP contribution in [0.4, 0.5) is 0 Å². The minimum atomic E-state index is -0.771. The molecule has 0 aliphatic carbocycles. The van der Waals surface area contributed by atoms with Gasteiger partial charge in [0.25, 0.3) is 0 Å². The predicted molar refractivity (Wildman–Crippen MR) is 58.4 cm³/mol. The van der Waals surface area contributed by atoms with Gasteiger partial charge < -0.3 is 10.4 Å². The summed E-state index contributed by atoms with van der Waals surface area (Å²) in [6.07, 6.45) is 3.20. The molecule has 3 nitrogen and oxygen atoms in total. The first kappa shape index (κ1) is 13.4. The van der Waals surface area contributed by atoms with Gasteiger partial charge in [0.15, 0.2) is 0 Å². The Morgan fingerprint density at radius 1 is 1.29 bits per heavy atom. The second kappa shape index (κ2) is 6.82. The summed E-state index contributed by atoms with van der Waals surface area (Å²) in [4.78, 5) is 10.6. The largest absolute Gasteiger partial charge is 0.480 e. The average molecular weight is 201 g/mol. The van der Waals surface area contributed by atoms with Crippen LogP contribution >= 0.6 is 0 Å². The van der Waals surface area contributed by atoms with Crippen LogP contribution < -0.4 is 5.32 Å². The van der Waals surface area contributed by atoms with Crippen LogP contribution in [0.1, 0.15) is 47.0 Å². The van der Waals surface area contributed by atoms with Crippen LogP contribution in [0.25, 0.3) is 0 Å². The molecule has 3 heteroatoms. The van der Waals surface area contributed by atoms with Crippen molar-refractivity contribution < 1.29 is 9.90 Å². The summed E-state index contributed by atoms with van der Waals surface area (Å²) in [6.45, 7) is 8.16. The van der Waals surface area contributed by atoms with E-state index in [9.17, 15) is 4.79 Å². The lowest BCUT2D eigenvalue weighted by molar-refractivity contribution is -0.139. The highest BCUT2D eigenvalue weighted by Crippen LogP contribution is 2.12. The molecule has 0 fully saturated rings. The molecule has 0 radical (unpaired) electrons. The van der Waals surface area contributed by atoms with Crippen LogP contribution in [0.3, 0.4) is 0 Å². The molecule has 0 heterocycles. The van der Waals surface area contributed by atoms with Gasteiger partial charge in [0.2, 0.25) is 0 Å². The molecule has 0 amide bonds. The topological polar surface area (TPSA) is 49.3 Å². The van der Waals surface area contributed by atoms with Crippen molar-refractivity contribution in [1.82, 2.24) is 5.32 Å². The van der Waals surface area contributed by atoms with Crippen molar-refractivity contribution in [3.63, 3.8) is 0 Å². The normalized spacial score (nSPS) is 17.4. The molecule has 0 bridgehead atoms. The van der Waals surface area contributed by atoms with Crippen molar-refractivity contribution in [2.45, 2.75) is 59.0 Å². The van der Waals surface area contributed by atoms with Gasteiger partial charge in [0.05, 0.1) is 0 Å². The molecule has 3 atom stereocenters. The second-order valence-electron chi connectivity index (χ2n) is 4.08. The SMILES string of the molecule is CCC(C)CC(CC)N[C@H](C)C(=O)O. The van der Waals surface area contributed by atoms with Gasteiger partial charge in [0.1, 0.15) is 6.04 Å². The Morgan fingerprint density at radius 3 is 2.21 bits per heavy atom. The zero-order valence-corrected chi connectivity index (χ0v) is 9.71. The standard InChI is InChI=1S/C11H23NO2/c1-5-8(3)7-10(6-2)12-9(4)11(13)14/h8-10,12H,5-7H2,1-4H3,(H,13,14)/t8?,9-,10?/m1/s1. The molecule has 0 aliphatic rings. The predicted octanol–water partition coefficient (Wildman–Crippen LogP) is 2.26. The maximum atomic E-state index is 10.6. The van der Waals surface area contributed by atoms with E-state index in [0.717, 1.165) is 19.3 Å². The number of aliphatic carboxylic acids is 1. The second-order valence-corrected chi connectivity index (χ2v) is 4.08. The number of rotatable bonds is 7. The number of carboxylic acid groups (broad SMARTS) is 1. The van der Waals surface area contributed by atoms with Crippen LogP contribution in [0, 0.1) is 5.92 Å². The fraction of sp³-hybridized carbons (Fsp3) is 0.909. The third-order valence-electron chi connectivity index (χ3n) is 2.73. The number of carboxylic acids is 1. The van der Waals surface area contributed by atoms with Crippen LogP contribution in [0.15, 0.2) is 0 Å². The van der Waals surface area contributed by atoms with Crippen LogP contribution in [-0.4, -0.2) is 23.2 Å². The first-order valence-electron chi connectivity index (χ1n) is 5.50. The Balaban J connectivity index is 3.96. The molecule has 84 valence electrons. The third-order valence-corrected chi connectivity index (χ3v) is 2.73. The summed E-state index contributed by atoms with van der Waals surface area (Å²) in [7, 11) is 0. The highest BCUT2D eigenvalue weighted by Gasteiger charge is 2.16. The minimum Gasteiger partial charge on any atom is -0.480 e. The Hall–Kier alpha value is -0.570. The Morgan fingerprint density at radius 2 is 1.86 bits per heavy atom. The van der Waals surface area contributed by atoms with E-state index in [0.29, 0.717) is 12.0 Å². The van der Waals surface area contributed by atoms with Gasteiger partial charge >= 0.3 is 5.97 Å². The quantitative estimate of drug-likeness (QED) is 0.664. The Bertz CT molecular complexity index is 171. The molecule has 0 aromatic rings. The number of hydrogen-bond acceptors (Lipinski definition) is 2. The van der Waals surface area contributed by atoms with E-state index in [1.54, 1.807) is 6.92 Å². The van der Waals surface area contributed by atoms with Crippen molar-refractivity contribution in [2.75, 3.05) is 0 Å². The van der Waals surface area contributed by atoms with Crippen LogP contribution in [0.5, 0.6) is 0 Å². The molecule has 0 spiro atoms. The molecule has 0 aromatic heterocycles. The molecule has 14 heavy (non-hydrogen) atoms. The molecule has 0 aromatic carbocycles. The molecule has 2 unspecified atom stereocenters. The van der Waals surface area contributed by atoms with E-state index in [-0.39, 0.29) is 0 Å². The fourth-order valence-electron chi connectivity index (χ4n) is 1.43. The van der Waals surface area contributed by atoms with E-state index in [1.807, 2.05) is 0 Å². The highest BCUT2D eigenvalue weighted by atomic mass is 16.4. The summed E-state index contributed by atoms with van der Waals surface area (Å²) >= 11 is 0.